The predicted octanol–water partition coefficient (Wildman–Crippen LogP) is 6.04. The third kappa shape index (κ3) is 9.22. The Morgan fingerprint density at radius 3 is 2.44 bits per heavy atom. The molecule has 1 fully saturated rings. The standard InChI is InChI=1S/C28H40N2O3S/c1-2-3-4-5-6-10-17-27(31)30(21-25-15-11-18-33-25)23-28(32)29(22-26-16-12-19-34-26)20-24-13-8-7-9-14-24/h7-9,12-14,16,19,25H,2-6,10-11,15,17-18,20-23H2,1H3. The van der Waals surface area contributed by atoms with Crippen molar-refractivity contribution in [3.8, 4) is 0 Å². The molecule has 0 radical (unpaired) electrons. The fourth-order valence-electron chi connectivity index (χ4n) is 4.39. The van der Waals surface area contributed by atoms with Gasteiger partial charge in [-0.1, -0.05) is 75.4 Å². The number of carbonyl (C=O) groups is 2. The number of unbranched alkanes of at least 4 members (excludes halogenated alkanes) is 5. The van der Waals surface area contributed by atoms with E-state index in [-0.39, 0.29) is 24.5 Å². The number of amides is 2. The first-order valence-electron chi connectivity index (χ1n) is 12.9. The topological polar surface area (TPSA) is 49.9 Å². The Balaban J connectivity index is 1.62. The van der Waals surface area contributed by atoms with E-state index in [9.17, 15) is 9.59 Å². The number of benzene rings is 1. The molecule has 186 valence electrons. The van der Waals surface area contributed by atoms with Gasteiger partial charge in [0, 0.05) is 31.0 Å². The van der Waals surface area contributed by atoms with Crippen LogP contribution < -0.4 is 0 Å². The average molecular weight is 485 g/mol. The van der Waals surface area contributed by atoms with E-state index in [2.05, 4.69) is 13.0 Å². The largest absolute Gasteiger partial charge is 0.376 e. The third-order valence-electron chi connectivity index (χ3n) is 6.37. The molecule has 0 spiro atoms. The Kier molecular flexibility index (Phi) is 11.6. The van der Waals surface area contributed by atoms with Gasteiger partial charge >= 0.3 is 0 Å². The minimum absolute atomic E-state index is 0.00783. The Bertz CT molecular complexity index is 835. The summed E-state index contributed by atoms with van der Waals surface area (Å²) in [5, 5.41) is 2.04. The number of carbonyl (C=O) groups excluding carboxylic acids is 2. The smallest absolute Gasteiger partial charge is 0.242 e. The first kappa shape index (κ1) is 26.4. The van der Waals surface area contributed by atoms with Crippen molar-refractivity contribution in [1.29, 1.82) is 0 Å². The summed E-state index contributed by atoms with van der Waals surface area (Å²) in [5.74, 6) is 0.0710. The average Bonchev–Trinajstić information content (AvgIpc) is 3.55. The fraction of sp³-hybridized carbons (Fsp3) is 0.571. The van der Waals surface area contributed by atoms with Gasteiger partial charge in [0.2, 0.25) is 11.8 Å². The monoisotopic (exact) mass is 484 g/mol. The van der Waals surface area contributed by atoms with Crippen molar-refractivity contribution in [3.05, 3.63) is 58.3 Å². The zero-order valence-corrected chi connectivity index (χ0v) is 21.4. The lowest BCUT2D eigenvalue weighted by molar-refractivity contribution is -0.142. The van der Waals surface area contributed by atoms with E-state index < -0.39 is 0 Å². The molecule has 5 nitrogen and oxygen atoms in total. The van der Waals surface area contributed by atoms with Gasteiger partial charge in [-0.2, -0.15) is 0 Å². The summed E-state index contributed by atoms with van der Waals surface area (Å²) in [4.78, 5) is 31.4. The molecule has 1 unspecified atom stereocenters. The summed E-state index contributed by atoms with van der Waals surface area (Å²) in [6.07, 6.45) is 9.40. The number of thiophene rings is 1. The van der Waals surface area contributed by atoms with Crippen molar-refractivity contribution in [1.82, 2.24) is 9.80 Å². The summed E-state index contributed by atoms with van der Waals surface area (Å²) in [6.45, 7) is 4.69. The molecule has 1 aromatic heterocycles. The summed E-state index contributed by atoms with van der Waals surface area (Å²) >= 11 is 1.66. The number of ether oxygens (including phenoxy) is 1. The minimum Gasteiger partial charge on any atom is -0.376 e. The second-order valence-corrected chi connectivity index (χ2v) is 10.3. The maximum atomic E-state index is 13.5. The van der Waals surface area contributed by atoms with Gasteiger partial charge in [-0.3, -0.25) is 9.59 Å². The molecule has 6 heteroatoms. The molecule has 0 bridgehead atoms. The summed E-state index contributed by atoms with van der Waals surface area (Å²) < 4.78 is 5.81. The third-order valence-corrected chi connectivity index (χ3v) is 7.23. The van der Waals surface area contributed by atoms with Gasteiger partial charge in [0.05, 0.1) is 19.2 Å². The summed E-state index contributed by atoms with van der Waals surface area (Å²) in [6, 6.07) is 14.1. The predicted molar refractivity (Wildman–Crippen MR) is 139 cm³/mol. The molecule has 1 atom stereocenters. The van der Waals surface area contributed by atoms with Crippen molar-refractivity contribution in [2.75, 3.05) is 19.7 Å². The second kappa shape index (κ2) is 14.9. The van der Waals surface area contributed by atoms with Gasteiger partial charge < -0.3 is 14.5 Å². The normalized spacial score (nSPS) is 15.4. The summed E-state index contributed by atoms with van der Waals surface area (Å²) in [7, 11) is 0. The van der Waals surface area contributed by atoms with Gasteiger partial charge in [-0.25, -0.2) is 0 Å². The minimum atomic E-state index is -0.00783. The highest BCUT2D eigenvalue weighted by Gasteiger charge is 2.26. The molecular formula is C28H40N2O3S. The second-order valence-electron chi connectivity index (χ2n) is 9.24. The van der Waals surface area contributed by atoms with Crippen LogP contribution in [0.25, 0.3) is 0 Å². The lowest BCUT2D eigenvalue weighted by atomic mass is 10.1. The van der Waals surface area contributed by atoms with Crippen molar-refractivity contribution in [2.45, 2.75) is 83.9 Å². The number of hydrogen-bond acceptors (Lipinski definition) is 4. The van der Waals surface area contributed by atoms with Crippen LogP contribution in [0, 0.1) is 0 Å². The van der Waals surface area contributed by atoms with Gasteiger partial charge in [-0.05, 0) is 36.3 Å². The lowest BCUT2D eigenvalue weighted by Crippen LogP contribution is -2.45. The highest BCUT2D eigenvalue weighted by Crippen LogP contribution is 2.18. The van der Waals surface area contributed by atoms with Gasteiger partial charge in [0.25, 0.3) is 0 Å². The number of rotatable bonds is 15. The van der Waals surface area contributed by atoms with Gasteiger partial charge in [0.15, 0.2) is 0 Å². The molecule has 1 saturated heterocycles. The molecule has 34 heavy (non-hydrogen) atoms. The van der Waals surface area contributed by atoms with Crippen LogP contribution in [0.3, 0.4) is 0 Å². The number of nitrogens with zero attached hydrogens (tertiary/aromatic N) is 2. The van der Waals surface area contributed by atoms with Gasteiger partial charge in [-0.15, -0.1) is 11.3 Å². The van der Waals surface area contributed by atoms with Crippen molar-refractivity contribution < 1.29 is 14.3 Å². The summed E-state index contributed by atoms with van der Waals surface area (Å²) in [5.41, 5.74) is 1.09. The van der Waals surface area contributed by atoms with E-state index >= 15 is 0 Å². The molecular weight excluding hydrogens is 444 g/mol. The van der Waals surface area contributed by atoms with Crippen LogP contribution in [0.1, 0.15) is 75.2 Å². The zero-order chi connectivity index (χ0) is 24.0. The Morgan fingerprint density at radius 2 is 1.74 bits per heavy atom. The Hall–Kier alpha value is -2.18. The van der Waals surface area contributed by atoms with E-state index in [4.69, 9.17) is 4.74 Å². The van der Waals surface area contributed by atoms with Gasteiger partial charge in [0.1, 0.15) is 0 Å². The molecule has 2 amide bonds. The van der Waals surface area contributed by atoms with Crippen LogP contribution in [0.15, 0.2) is 47.8 Å². The van der Waals surface area contributed by atoms with Crippen molar-refractivity contribution >= 4 is 23.2 Å². The highest BCUT2D eigenvalue weighted by atomic mass is 32.1. The van der Waals surface area contributed by atoms with Crippen LogP contribution in [0.2, 0.25) is 0 Å². The van der Waals surface area contributed by atoms with E-state index in [1.54, 1.807) is 16.2 Å². The highest BCUT2D eigenvalue weighted by molar-refractivity contribution is 7.09. The maximum absolute atomic E-state index is 13.5. The van der Waals surface area contributed by atoms with Crippen molar-refractivity contribution in [3.63, 3.8) is 0 Å². The zero-order valence-electron chi connectivity index (χ0n) is 20.6. The molecule has 1 aliphatic heterocycles. The molecule has 0 saturated carbocycles. The molecule has 2 aromatic rings. The Morgan fingerprint density at radius 1 is 0.941 bits per heavy atom. The van der Waals surface area contributed by atoms with E-state index in [0.717, 1.165) is 42.7 Å². The van der Waals surface area contributed by atoms with E-state index in [1.807, 2.05) is 46.7 Å². The molecule has 3 rings (SSSR count). The molecule has 2 heterocycles. The molecule has 0 aliphatic carbocycles. The van der Waals surface area contributed by atoms with E-state index in [0.29, 0.717) is 26.1 Å². The first-order chi connectivity index (χ1) is 16.7. The molecule has 1 aliphatic rings. The van der Waals surface area contributed by atoms with Crippen LogP contribution in [0.5, 0.6) is 0 Å². The Labute approximate surface area is 209 Å². The van der Waals surface area contributed by atoms with Crippen LogP contribution in [-0.4, -0.2) is 47.4 Å². The fourth-order valence-corrected chi connectivity index (χ4v) is 5.11. The SMILES string of the molecule is CCCCCCCCC(=O)N(CC(=O)N(Cc1ccccc1)Cc1cccs1)CC1CCCO1. The van der Waals surface area contributed by atoms with Crippen LogP contribution >= 0.6 is 11.3 Å². The van der Waals surface area contributed by atoms with E-state index in [1.165, 1.54) is 25.7 Å². The van der Waals surface area contributed by atoms with Crippen LogP contribution in [-0.2, 0) is 27.4 Å². The number of hydrogen-bond donors (Lipinski definition) is 0. The van der Waals surface area contributed by atoms with Crippen molar-refractivity contribution in [2.24, 2.45) is 0 Å². The quantitative estimate of drug-likeness (QED) is 0.290. The molecule has 0 N–H and O–H groups in total. The first-order valence-corrected chi connectivity index (χ1v) is 13.8. The lowest BCUT2D eigenvalue weighted by Gasteiger charge is -2.29. The molecule has 1 aromatic carbocycles. The maximum Gasteiger partial charge on any atom is 0.242 e. The van der Waals surface area contributed by atoms with Crippen LogP contribution in [0.4, 0.5) is 0 Å².